The fourth-order valence-electron chi connectivity index (χ4n) is 2.39. The number of thiophene rings is 1. The number of hydrogen-bond donors (Lipinski definition) is 1. The van der Waals surface area contributed by atoms with Crippen molar-refractivity contribution in [3.63, 3.8) is 0 Å². The Labute approximate surface area is 139 Å². The van der Waals surface area contributed by atoms with Gasteiger partial charge in [-0.2, -0.15) is 11.8 Å². The predicted molar refractivity (Wildman–Crippen MR) is 88.9 cm³/mol. The normalized spacial score (nSPS) is 15.6. The van der Waals surface area contributed by atoms with Crippen molar-refractivity contribution in [1.29, 1.82) is 0 Å². The maximum absolute atomic E-state index is 13.6. The molecule has 1 atom stereocenters. The molecule has 0 spiro atoms. The Bertz CT molecular complexity index is 648. The van der Waals surface area contributed by atoms with Gasteiger partial charge < -0.3 is 9.84 Å². The van der Waals surface area contributed by atoms with E-state index in [-0.39, 0.29) is 0 Å². The van der Waals surface area contributed by atoms with Gasteiger partial charge in [0.25, 0.3) is 0 Å². The molecule has 3 rings (SSSR count). The van der Waals surface area contributed by atoms with Crippen LogP contribution in [0.25, 0.3) is 0 Å². The zero-order valence-corrected chi connectivity index (χ0v) is 14.6. The van der Waals surface area contributed by atoms with E-state index < -0.39 is 11.9 Å². The van der Waals surface area contributed by atoms with Crippen LogP contribution in [-0.4, -0.2) is 18.0 Å². The average Bonchev–Trinajstić information content (AvgIpc) is 2.92. The SMILES string of the molecule is COc1cc(F)c(Br)cc1C(O)c1cc2c(s1)CCSC2. The van der Waals surface area contributed by atoms with Gasteiger partial charge in [0.15, 0.2) is 0 Å². The molecule has 0 saturated heterocycles. The van der Waals surface area contributed by atoms with E-state index in [1.165, 1.54) is 23.6 Å². The number of thioether (sulfide) groups is 1. The summed E-state index contributed by atoms with van der Waals surface area (Å²) in [5, 5.41) is 10.6. The van der Waals surface area contributed by atoms with Gasteiger partial charge in [-0.05, 0) is 45.8 Å². The number of fused-ring (bicyclic) bond motifs is 1. The first-order valence-corrected chi connectivity index (χ1v) is 9.26. The average molecular weight is 389 g/mol. The van der Waals surface area contributed by atoms with Gasteiger partial charge in [-0.3, -0.25) is 0 Å². The number of halogens is 2. The Morgan fingerprint density at radius 1 is 1.38 bits per heavy atom. The second-order valence-corrected chi connectivity index (χ2v) is 7.94. The first-order chi connectivity index (χ1) is 10.1. The topological polar surface area (TPSA) is 29.5 Å². The zero-order chi connectivity index (χ0) is 15.0. The van der Waals surface area contributed by atoms with E-state index in [1.54, 1.807) is 17.4 Å². The van der Waals surface area contributed by atoms with Crippen LogP contribution in [0.1, 0.15) is 27.0 Å². The zero-order valence-electron chi connectivity index (χ0n) is 11.4. The molecule has 0 saturated carbocycles. The summed E-state index contributed by atoms with van der Waals surface area (Å²) < 4.78 is 19.1. The Hall–Kier alpha value is -0.560. The highest BCUT2D eigenvalue weighted by Crippen LogP contribution is 2.40. The van der Waals surface area contributed by atoms with Crippen LogP contribution in [0.5, 0.6) is 5.75 Å². The lowest BCUT2D eigenvalue weighted by Gasteiger charge is -2.14. The van der Waals surface area contributed by atoms with Crippen molar-refractivity contribution < 1.29 is 14.2 Å². The first-order valence-electron chi connectivity index (χ1n) is 6.50. The summed E-state index contributed by atoms with van der Waals surface area (Å²) in [4.78, 5) is 2.24. The second-order valence-electron chi connectivity index (χ2n) is 4.81. The molecule has 0 amide bonds. The molecule has 1 N–H and O–H groups in total. The Morgan fingerprint density at radius 3 is 2.90 bits per heavy atom. The van der Waals surface area contributed by atoms with Gasteiger partial charge in [0.2, 0.25) is 0 Å². The molecule has 1 aliphatic heterocycles. The van der Waals surface area contributed by atoms with Crippen molar-refractivity contribution in [3.8, 4) is 5.75 Å². The lowest BCUT2D eigenvalue weighted by Crippen LogP contribution is -2.02. The van der Waals surface area contributed by atoms with Crippen molar-refractivity contribution >= 4 is 39.0 Å². The fourth-order valence-corrected chi connectivity index (χ4v) is 5.14. The van der Waals surface area contributed by atoms with Gasteiger partial charge in [0.1, 0.15) is 17.7 Å². The van der Waals surface area contributed by atoms with Gasteiger partial charge in [0.05, 0.1) is 11.6 Å². The van der Waals surface area contributed by atoms with Gasteiger partial charge in [-0.15, -0.1) is 11.3 Å². The van der Waals surface area contributed by atoms with Crippen molar-refractivity contribution in [3.05, 3.63) is 49.4 Å². The second kappa shape index (κ2) is 6.28. The van der Waals surface area contributed by atoms with E-state index in [1.807, 2.05) is 11.8 Å². The van der Waals surface area contributed by atoms with Gasteiger partial charge >= 0.3 is 0 Å². The molecule has 0 bridgehead atoms. The van der Waals surface area contributed by atoms with E-state index in [0.717, 1.165) is 22.8 Å². The minimum absolute atomic E-state index is 0.328. The number of ether oxygens (including phenoxy) is 1. The van der Waals surface area contributed by atoms with Crippen molar-refractivity contribution in [1.82, 2.24) is 0 Å². The third-order valence-electron chi connectivity index (χ3n) is 3.48. The van der Waals surface area contributed by atoms with Crippen LogP contribution in [0.2, 0.25) is 0 Å². The van der Waals surface area contributed by atoms with Gasteiger partial charge in [-0.1, -0.05) is 0 Å². The first kappa shape index (κ1) is 15.3. The standard InChI is InChI=1S/C15H14BrFO2S2/c1-19-12-6-11(17)10(16)5-9(12)15(18)14-4-8-7-20-3-2-13(8)21-14/h4-6,15,18H,2-3,7H2,1H3. The van der Waals surface area contributed by atoms with E-state index in [4.69, 9.17) is 4.74 Å². The van der Waals surface area contributed by atoms with Crippen molar-refractivity contribution in [2.24, 2.45) is 0 Å². The highest BCUT2D eigenvalue weighted by molar-refractivity contribution is 9.10. The highest BCUT2D eigenvalue weighted by atomic mass is 79.9. The molecule has 21 heavy (non-hydrogen) atoms. The van der Waals surface area contributed by atoms with Crippen LogP contribution in [-0.2, 0) is 12.2 Å². The summed E-state index contributed by atoms with van der Waals surface area (Å²) in [6, 6.07) is 4.95. The van der Waals surface area contributed by atoms with Crippen LogP contribution in [0.3, 0.4) is 0 Å². The Kier molecular flexibility index (Phi) is 4.59. The number of rotatable bonds is 3. The quantitative estimate of drug-likeness (QED) is 0.837. The minimum atomic E-state index is -0.794. The molecule has 2 nitrogen and oxygen atoms in total. The van der Waals surface area contributed by atoms with Crippen LogP contribution < -0.4 is 4.74 Å². The Balaban J connectivity index is 1.99. The molecule has 0 radical (unpaired) electrons. The largest absolute Gasteiger partial charge is 0.496 e. The third-order valence-corrected chi connectivity index (χ3v) is 6.39. The Morgan fingerprint density at radius 2 is 2.19 bits per heavy atom. The molecule has 6 heteroatoms. The maximum Gasteiger partial charge on any atom is 0.141 e. The molecule has 1 unspecified atom stereocenters. The summed E-state index contributed by atoms with van der Waals surface area (Å²) >= 11 is 6.72. The van der Waals surface area contributed by atoms with Crippen molar-refractivity contribution in [2.45, 2.75) is 18.3 Å². The van der Waals surface area contributed by atoms with Crippen LogP contribution >= 0.6 is 39.0 Å². The minimum Gasteiger partial charge on any atom is -0.496 e. The molecule has 2 aromatic rings. The summed E-state index contributed by atoms with van der Waals surface area (Å²) in [7, 11) is 1.48. The summed E-state index contributed by atoms with van der Waals surface area (Å²) in [6.45, 7) is 0. The molecular weight excluding hydrogens is 375 g/mol. The van der Waals surface area contributed by atoms with E-state index in [9.17, 15) is 9.50 Å². The number of benzene rings is 1. The lowest BCUT2D eigenvalue weighted by atomic mass is 10.1. The number of aliphatic hydroxyl groups is 1. The summed E-state index contributed by atoms with van der Waals surface area (Å²) in [5.41, 5.74) is 1.89. The smallest absolute Gasteiger partial charge is 0.141 e. The molecule has 1 aromatic carbocycles. The predicted octanol–water partition coefficient (Wildman–Crippen LogP) is 4.53. The molecule has 2 heterocycles. The number of methoxy groups -OCH3 is 1. The van der Waals surface area contributed by atoms with E-state index in [0.29, 0.717) is 15.8 Å². The number of aliphatic hydroxyl groups excluding tert-OH is 1. The summed E-state index contributed by atoms with van der Waals surface area (Å²) in [5.74, 6) is 2.10. The van der Waals surface area contributed by atoms with Crippen LogP contribution in [0.4, 0.5) is 4.39 Å². The molecule has 1 aliphatic rings. The van der Waals surface area contributed by atoms with E-state index >= 15 is 0 Å². The maximum atomic E-state index is 13.6. The van der Waals surface area contributed by atoms with Gasteiger partial charge in [0, 0.05) is 27.1 Å². The molecule has 0 fully saturated rings. The summed E-state index contributed by atoms with van der Waals surface area (Å²) in [6.07, 6.45) is 0.263. The molecular formula is C15H14BrFO2S2. The lowest BCUT2D eigenvalue weighted by molar-refractivity contribution is 0.218. The van der Waals surface area contributed by atoms with E-state index in [2.05, 4.69) is 22.0 Å². The van der Waals surface area contributed by atoms with Crippen LogP contribution in [0, 0.1) is 5.82 Å². The molecule has 112 valence electrons. The third kappa shape index (κ3) is 2.99. The molecule has 1 aromatic heterocycles. The fraction of sp³-hybridized carbons (Fsp3) is 0.333. The monoisotopic (exact) mass is 388 g/mol. The van der Waals surface area contributed by atoms with Crippen molar-refractivity contribution in [2.75, 3.05) is 12.9 Å². The van der Waals surface area contributed by atoms with Gasteiger partial charge in [-0.25, -0.2) is 4.39 Å². The highest BCUT2D eigenvalue weighted by Gasteiger charge is 2.22. The van der Waals surface area contributed by atoms with Crippen LogP contribution in [0.15, 0.2) is 22.7 Å². The number of aryl methyl sites for hydroxylation is 1. The number of hydrogen-bond acceptors (Lipinski definition) is 4. The molecule has 0 aliphatic carbocycles.